The molecule has 1 aliphatic heterocycles. The van der Waals surface area contributed by atoms with Gasteiger partial charge in [0.05, 0.1) is 29.8 Å². The van der Waals surface area contributed by atoms with E-state index >= 15 is 0 Å². The summed E-state index contributed by atoms with van der Waals surface area (Å²) in [5, 5.41) is 16.3. The molecule has 3 heterocycles. The number of aliphatic hydroxyl groups is 1. The Balaban J connectivity index is 1.53. The number of aromatic amines is 1. The molecule has 2 aromatic heterocycles. The monoisotopic (exact) mass is 453 g/mol. The first-order valence-corrected chi connectivity index (χ1v) is 11.4. The Kier molecular flexibility index (Phi) is 5.76. The summed E-state index contributed by atoms with van der Waals surface area (Å²) in [7, 11) is 0. The lowest BCUT2D eigenvalue weighted by molar-refractivity contribution is 0.0766. The maximum Gasteiger partial charge on any atom is 0.255 e. The second-order valence-electron chi connectivity index (χ2n) is 9.06. The smallest absolute Gasteiger partial charge is 0.255 e. The molecule has 1 aliphatic carbocycles. The van der Waals surface area contributed by atoms with Gasteiger partial charge in [-0.05, 0) is 57.2 Å². The third-order valence-corrected chi connectivity index (χ3v) is 6.45. The van der Waals surface area contributed by atoms with Gasteiger partial charge in [0.1, 0.15) is 29.1 Å². The molecule has 3 aromatic rings. The summed E-state index contributed by atoms with van der Waals surface area (Å²) in [6.45, 7) is 5.22. The number of nitrogens with zero attached hydrogens (tertiary/aromatic N) is 2. The van der Waals surface area contributed by atoms with Gasteiger partial charge in [-0.1, -0.05) is 0 Å². The van der Waals surface area contributed by atoms with Crippen molar-refractivity contribution in [3.8, 4) is 17.0 Å². The molecule has 2 fully saturated rings. The largest absolute Gasteiger partial charge is 0.492 e. The first-order chi connectivity index (χ1) is 15.9. The number of aromatic nitrogens is 3. The molecule has 0 bridgehead atoms. The van der Waals surface area contributed by atoms with Crippen LogP contribution < -0.4 is 15.4 Å². The lowest BCUT2D eigenvalue weighted by atomic mass is 10.0. The normalized spacial score (nSPS) is 20.7. The number of β-amino-alcohol motifs (C(OH)–C–C–N with tert-alkyl or cyclic N) is 1. The first kappa shape index (κ1) is 21.8. The van der Waals surface area contributed by atoms with E-state index in [1.54, 1.807) is 19.9 Å². The Bertz CT molecular complexity index is 1210. The third kappa shape index (κ3) is 4.30. The molecule has 33 heavy (non-hydrogen) atoms. The number of H-pyrrole nitrogens is 1. The molecular weight excluding hydrogens is 425 g/mol. The van der Waals surface area contributed by atoms with E-state index in [4.69, 9.17) is 4.74 Å². The van der Waals surface area contributed by atoms with Crippen LogP contribution in [0, 0.1) is 25.6 Å². The van der Waals surface area contributed by atoms with E-state index < -0.39 is 6.10 Å². The fraction of sp³-hybridized carbons (Fsp3) is 0.458. The number of rotatable bonds is 6. The minimum absolute atomic E-state index is 0.296. The minimum Gasteiger partial charge on any atom is -0.492 e. The number of aryl methyl sites for hydroxylation is 2. The third-order valence-electron chi connectivity index (χ3n) is 6.45. The zero-order valence-electron chi connectivity index (χ0n) is 18.7. The maximum absolute atomic E-state index is 14.4. The zero-order chi connectivity index (χ0) is 23.1. The van der Waals surface area contributed by atoms with Gasteiger partial charge in [0.25, 0.3) is 5.91 Å². The van der Waals surface area contributed by atoms with Crippen LogP contribution in [0.2, 0.25) is 0 Å². The van der Waals surface area contributed by atoms with Crippen molar-refractivity contribution in [2.45, 2.75) is 45.3 Å². The van der Waals surface area contributed by atoms with Gasteiger partial charge in [-0.3, -0.25) is 4.79 Å². The summed E-state index contributed by atoms with van der Waals surface area (Å²) >= 11 is 0. The van der Waals surface area contributed by atoms with E-state index in [0.29, 0.717) is 70.4 Å². The van der Waals surface area contributed by atoms with Crippen LogP contribution in [0.25, 0.3) is 22.3 Å². The number of halogens is 1. The number of carbonyl (C=O) groups is 1. The fourth-order valence-electron chi connectivity index (χ4n) is 4.31. The van der Waals surface area contributed by atoms with Gasteiger partial charge >= 0.3 is 0 Å². The second kappa shape index (κ2) is 8.72. The van der Waals surface area contributed by atoms with Crippen molar-refractivity contribution in [3.05, 3.63) is 41.1 Å². The lowest BCUT2D eigenvalue weighted by Crippen LogP contribution is -2.52. The van der Waals surface area contributed by atoms with Crippen molar-refractivity contribution in [1.29, 1.82) is 0 Å². The number of nitrogens with one attached hydrogen (secondary N) is 3. The number of carbonyl (C=O) groups excluding carboxylic acids is 1. The van der Waals surface area contributed by atoms with Gasteiger partial charge in [0.15, 0.2) is 0 Å². The van der Waals surface area contributed by atoms with Crippen molar-refractivity contribution in [3.63, 3.8) is 0 Å². The Hall–Kier alpha value is -3.04. The van der Waals surface area contributed by atoms with E-state index in [1.165, 1.54) is 12.4 Å². The van der Waals surface area contributed by atoms with Crippen molar-refractivity contribution in [1.82, 2.24) is 25.6 Å². The molecule has 2 atom stereocenters. The number of fused-ring (bicyclic) bond motifs is 1. The van der Waals surface area contributed by atoms with Crippen LogP contribution in [0.15, 0.2) is 18.5 Å². The number of hydrogen-bond donors (Lipinski definition) is 4. The highest BCUT2D eigenvalue weighted by atomic mass is 19.1. The predicted octanol–water partition coefficient (Wildman–Crippen LogP) is 2.62. The Morgan fingerprint density at radius 3 is 2.85 bits per heavy atom. The summed E-state index contributed by atoms with van der Waals surface area (Å²) in [6.07, 6.45) is 3.66. The highest BCUT2D eigenvalue weighted by molar-refractivity contribution is 6.09. The zero-order valence-corrected chi connectivity index (χ0v) is 18.7. The van der Waals surface area contributed by atoms with E-state index in [2.05, 4.69) is 25.6 Å². The molecule has 174 valence electrons. The maximum atomic E-state index is 14.4. The van der Waals surface area contributed by atoms with Crippen molar-refractivity contribution in [2.75, 3.05) is 19.7 Å². The average molecular weight is 454 g/mol. The minimum atomic E-state index is -0.647. The fourth-order valence-corrected chi connectivity index (χ4v) is 4.31. The van der Waals surface area contributed by atoms with Gasteiger partial charge in [0, 0.05) is 23.9 Å². The topological polar surface area (TPSA) is 112 Å². The Morgan fingerprint density at radius 1 is 1.27 bits per heavy atom. The molecular formula is C24H28FN5O3. The quantitative estimate of drug-likeness (QED) is 0.457. The SMILES string of the molecule is Cc1cc(-c2ncnc3c(C(=O)N[C@@H]4CCNC[C@H]4O)c(C)[nH]c23)c(OCC2CC2)cc1F. The summed E-state index contributed by atoms with van der Waals surface area (Å²) in [4.78, 5) is 25.3. The molecule has 9 heteroatoms. The Morgan fingerprint density at radius 2 is 2.09 bits per heavy atom. The number of aliphatic hydroxyl groups excluding tert-OH is 1. The average Bonchev–Trinajstić information content (AvgIpc) is 3.55. The molecule has 1 amide bonds. The molecule has 1 aromatic carbocycles. The van der Waals surface area contributed by atoms with E-state index in [-0.39, 0.29) is 17.8 Å². The summed E-state index contributed by atoms with van der Waals surface area (Å²) in [5.74, 6) is 0.315. The molecule has 2 aliphatic rings. The molecule has 0 radical (unpaired) electrons. The van der Waals surface area contributed by atoms with E-state index in [1.807, 2.05) is 0 Å². The van der Waals surface area contributed by atoms with Crippen LogP contribution in [0.5, 0.6) is 5.75 Å². The standard InChI is InChI=1S/C24H28FN5O3/c1-12-7-15(19(8-16(12)25)33-10-14-3-4-14)21-23-22(28-11-27-21)20(13(2)29-23)24(32)30-17-5-6-26-9-18(17)31/h7-8,11,14,17-18,26,29,31H,3-6,9-10H2,1-2H3,(H,30,32)/t17-,18-/m1/s1. The molecule has 8 nitrogen and oxygen atoms in total. The van der Waals surface area contributed by atoms with Gasteiger partial charge in [-0.15, -0.1) is 0 Å². The van der Waals surface area contributed by atoms with Gasteiger partial charge in [-0.2, -0.15) is 0 Å². The predicted molar refractivity (Wildman–Crippen MR) is 122 cm³/mol. The van der Waals surface area contributed by atoms with E-state index in [0.717, 1.165) is 19.4 Å². The van der Waals surface area contributed by atoms with Crippen LogP contribution in [-0.2, 0) is 0 Å². The van der Waals surface area contributed by atoms with Gasteiger partial charge in [-0.25, -0.2) is 14.4 Å². The van der Waals surface area contributed by atoms with E-state index in [9.17, 15) is 14.3 Å². The molecule has 5 rings (SSSR count). The van der Waals surface area contributed by atoms with Crippen LogP contribution in [0.4, 0.5) is 4.39 Å². The molecule has 0 unspecified atom stereocenters. The number of piperidine rings is 1. The first-order valence-electron chi connectivity index (χ1n) is 11.4. The summed E-state index contributed by atoms with van der Waals surface area (Å²) in [5.41, 5.74) is 3.83. The summed E-state index contributed by atoms with van der Waals surface area (Å²) < 4.78 is 20.3. The molecule has 4 N–H and O–H groups in total. The van der Waals surface area contributed by atoms with Crippen molar-refractivity contribution in [2.24, 2.45) is 5.92 Å². The second-order valence-corrected chi connectivity index (χ2v) is 9.06. The molecule has 0 spiro atoms. The summed E-state index contributed by atoms with van der Waals surface area (Å²) in [6, 6.07) is 2.80. The van der Waals surface area contributed by atoms with Crippen LogP contribution in [0.1, 0.15) is 40.9 Å². The molecule has 1 saturated heterocycles. The number of amides is 1. The lowest BCUT2D eigenvalue weighted by Gasteiger charge is -2.29. The van der Waals surface area contributed by atoms with Gasteiger partial charge in [0.2, 0.25) is 0 Å². The van der Waals surface area contributed by atoms with Crippen LogP contribution in [-0.4, -0.2) is 57.8 Å². The van der Waals surface area contributed by atoms with Crippen LogP contribution in [0.3, 0.4) is 0 Å². The number of hydrogen-bond acceptors (Lipinski definition) is 6. The highest BCUT2D eigenvalue weighted by Gasteiger charge is 2.28. The number of ether oxygens (including phenoxy) is 1. The van der Waals surface area contributed by atoms with Gasteiger partial charge < -0.3 is 25.5 Å². The molecule has 1 saturated carbocycles. The Labute approximate surface area is 191 Å². The number of benzene rings is 1. The highest BCUT2D eigenvalue weighted by Crippen LogP contribution is 2.37. The van der Waals surface area contributed by atoms with Crippen LogP contribution >= 0.6 is 0 Å². The van der Waals surface area contributed by atoms with Crippen molar-refractivity contribution < 1.29 is 19.0 Å². The van der Waals surface area contributed by atoms with Crippen molar-refractivity contribution >= 4 is 16.9 Å².